The molecule has 16 heavy (non-hydrogen) atoms. The van der Waals surface area contributed by atoms with Gasteiger partial charge in [0.05, 0.1) is 7.11 Å². The van der Waals surface area contributed by atoms with E-state index in [4.69, 9.17) is 4.74 Å². The number of methoxy groups -OCH3 is 1. The van der Waals surface area contributed by atoms with Gasteiger partial charge in [-0.15, -0.1) is 0 Å². The summed E-state index contributed by atoms with van der Waals surface area (Å²) in [5.74, 6) is 1.16. The Morgan fingerprint density at radius 1 is 1.44 bits per heavy atom. The van der Waals surface area contributed by atoms with Crippen molar-refractivity contribution in [2.75, 3.05) is 13.7 Å². The quantitative estimate of drug-likeness (QED) is 0.803. The van der Waals surface area contributed by atoms with Gasteiger partial charge in [-0.25, -0.2) is 4.98 Å². The number of nitrogens with one attached hydrogen (secondary N) is 1. The van der Waals surface area contributed by atoms with Crippen LogP contribution in [-0.2, 0) is 0 Å². The van der Waals surface area contributed by atoms with Crippen molar-refractivity contribution in [1.29, 1.82) is 0 Å². The molecule has 1 aromatic rings. The molecule has 1 heterocycles. The first-order valence-electron chi connectivity index (χ1n) is 5.96. The van der Waals surface area contributed by atoms with Gasteiger partial charge in [0.15, 0.2) is 0 Å². The molecular weight excluding hydrogens is 200 g/mol. The molecule has 0 saturated carbocycles. The maximum absolute atomic E-state index is 5.15. The van der Waals surface area contributed by atoms with Crippen LogP contribution in [0, 0.1) is 0 Å². The maximum Gasteiger partial charge on any atom is 0.213 e. The van der Waals surface area contributed by atoms with Gasteiger partial charge in [-0.1, -0.05) is 20.8 Å². The van der Waals surface area contributed by atoms with Crippen molar-refractivity contribution >= 4 is 0 Å². The van der Waals surface area contributed by atoms with Crippen LogP contribution in [0.1, 0.15) is 38.7 Å². The molecule has 0 radical (unpaired) electrons. The van der Waals surface area contributed by atoms with Crippen LogP contribution in [0.5, 0.6) is 5.88 Å². The molecule has 2 atom stereocenters. The predicted octanol–water partition coefficient (Wildman–Crippen LogP) is 2.58. The molecule has 1 N–H and O–H groups in total. The molecule has 3 heteroatoms. The van der Waals surface area contributed by atoms with Crippen molar-refractivity contribution in [3.63, 3.8) is 0 Å². The molecule has 0 fully saturated rings. The zero-order chi connectivity index (χ0) is 12.0. The summed E-state index contributed by atoms with van der Waals surface area (Å²) in [5, 5.41) is 3.51. The molecule has 0 aromatic carbocycles. The second-order valence-corrected chi connectivity index (χ2v) is 3.99. The number of likely N-dealkylation sites (N-methyl/N-ethyl adjacent to an activating group) is 1. The second-order valence-electron chi connectivity index (χ2n) is 3.99. The van der Waals surface area contributed by atoms with E-state index in [0.717, 1.165) is 13.0 Å². The average Bonchev–Trinajstić information content (AvgIpc) is 2.35. The smallest absolute Gasteiger partial charge is 0.213 e. The Hall–Kier alpha value is -1.09. The Bertz CT molecular complexity index is 315. The van der Waals surface area contributed by atoms with Crippen molar-refractivity contribution in [2.24, 2.45) is 0 Å². The summed E-state index contributed by atoms with van der Waals surface area (Å²) in [7, 11) is 1.65. The highest BCUT2D eigenvalue weighted by molar-refractivity contribution is 5.24. The molecule has 0 aliphatic heterocycles. The molecular formula is C13H22N2O. The molecule has 1 aromatic heterocycles. The van der Waals surface area contributed by atoms with Crippen LogP contribution >= 0.6 is 0 Å². The van der Waals surface area contributed by atoms with Gasteiger partial charge in [0.25, 0.3) is 0 Å². The Kier molecular flexibility index (Phi) is 5.26. The van der Waals surface area contributed by atoms with Crippen LogP contribution in [0.4, 0.5) is 0 Å². The fraction of sp³-hybridized carbons (Fsp3) is 0.615. The number of ether oxygens (including phenoxy) is 1. The summed E-state index contributed by atoms with van der Waals surface area (Å²) in [4.78, 5) is 4.13. The van der Waals surface area contributed by atoms with Crippen molar-refractivity contribution < 1.29 is 4.74 Å². The highest BCUT2D eigenvalue weighted by atomic mass is 16.5. The molecule has 2 unspecified atom stereocenters. The van der Waals surface area contributed by atoms with Crippen LogP contribution in [0.25, 0.3) is 0 Å². The fourth-order valence-corrected chi connectivity index (χ4v) is 1.99. The lowest BCUT2D eigenvalue weighted by Crippen LogP contribution is -2.33. The van der Waals surface area contributed by atoms with E-state index >= 15 is 0 Å². The monoisotopic (exact) mass is 222 g/mol. The van der Waals surface area contributed by atoms with Gasteiger partial charge in [-0.05, 0) is 30.5 Å². The van der Waals surface area contributed by atoms with Gasteiger partial charge in [0.1, 0.15) is 0 Å². The summed E-state index contributed by atoms with van der Waals surface area (Å²) < 4.78 is 5.15. The summed E-state index contributed by atoms with van der Waals surface area (Å²) in [5.41, 5.74) is 1.28. The van der Waals surface area contributed by atoms with E-state index in [-0.39, 0.29) is 0 Å². The Morgan fingerprint density at radius 2 is 2.19 bits per heavy atom. The first kappa shape index (κ1) is 13.0. The van der Waals surface area contributed by atoms with Gasteiger partial charge in [-0.2, -0.15) is 0 Å². The largest absolute Gasteiger partial charge is 0.481 e. The molecule has 0 amide bonds. The first-order chi connectivity index (χ1) is 7.72. The van der Waals surface area contributed by atoms with E-state index in [1.54, 1.807) is 7.11 Å². The van der Waals surface area contributed by atoms with E-state index < -0.39 is 0 Å². The van der Waals surface area contributed by atoms with Crippen LogP contribution in [-0.4, -0.2) is 24.7 Å². The zero-order valence-corrected chi connectivity index (χ0v) is 10.7. The third kappa shape index (κ3) is 3.20. The van der Waals surface area contributed by atoms with Crippen molar-refractivity contribution in [3.05, 3.63) is 23.9 Å². The highest BCUT2D eigenvalue weighted by Gasteiger charge is 2.16. The van der Waals surface area contributed by atoms with Crippen LogP contribution in [0.2, 0.25) is 0 Å². The molecule has 1 rings (SSSR count). The molecule has 0 bridgehead atoms. The number of hydrogen-bond acceptors (Lipinski definition) is 3. The lowest BCUT2D eigenvalue weighted by atomic mass is 9.92. The van der Waals surface area contributed by atoms with E-state index in [1.165, 1.54) is 5.56 Å². The van der Waals surface area contributed by atoms with Crippen LogP contribution in [0.3, 0.4) is 0 Å². The van der Waals surface area contributed by atoms with Gasteiger partial charge < -0.3 is 10.1 Å². The van der Waals surface area contributed by atoms with E-state index in [2.05, 4.69) is 37.1 Å². The van der Waals surface area contributed by atoms with E-state index in [0.29, 0.717) is 17.8 Å². The number of aromatic nitrogens is 1. The Balaban J connectivity index is 2.80. The average molecular weight is 222 g/mol. The SMILES string of the molecule is CCNC(CC)C(C)c1ccnc(OC)c1. The van der Waals surface area contributed by atoms with Crippen LogP contribution < -0.4 is 10.1 Å². The minimum atomic E-state index is 0.474. The maximum atomic E-state index is 5.15. The second kappa shape index (κ2) is 6.48. The van der Waals surface area contributed by atoms with Gasteiger partial charge in [0, 0.05) is 18.3 Å². The van der Waals surface area contributed by atoms with Crippen molar-refractivity contribution in [1.82, 2.24) is 10.3 Å². The van der Waals surface area contributed by atoms with Gasteiger partial charge in [0.2, 0.25) is 5.88 Å². The topological polar surface area (TPSA) is 34.2 Å². The lowest BCUT2D eigenvalue weighted by molar-refractivity contribution is 0.394. The third-order valence-electron chi connectivity index (χ3n) is 3.00. The number of nitrogens with zero attached hydrogens (tertiary/aromatic N) is 1. The Labute approximate surface area is 98.2 Å². The number of pyridine rings is 1. The normalized spacial score (nSPS) is 14.5. The van der Waals surface area contributed by atoms with E-state index in [9.17, 15) is 0 Å². The van der Waals surface area contributed by atoms with Crippen LogP contribution in [0.15, 0.2) is 18.3 Å². The van der Waals surface area contributed by atoms with Gasteiger partial charge in [-0.3, -0.25) is 0 Å². The molecule has 0 aliphatic carbocycles. The molecule has 0 saturated heterocycles. The van der Waals surface area contributed by atoms with Gasteiger partial charge >= 0.3 is 0 Å². The zero-order valence-electron chi connectivity index (χ0n) is 10.7. The number of rotatable bonds is 6. The Morgan fingerprint density at radius 3 is 2.75 bits per heavy atom. The third-order valence-corrected chi connectivity index (χ3v) is 3.00. The molecule has 90 valence electrons. The predicted molar refractivity (Wildman–Crippen MR) is 67.0 cm³/mol. The molecule has 0 aliphatic rings. The van der Waals surface area contributed by atoms with Crippen molar-refractivity contribution in [3.8, 4) is 5.88 Å². The minimum absolute atomic E-state index is 0.474. The molecule has 0 spiro atoms. The van der Waals surface area contributed by atoms with E-state index in [1.807, 2.05) is 12.3 Å². The summed E-state index contributed by atoms with van der Waals surface area (Å²) in [6.07, 6.45) is 2.93. The standard InChI is InChI=1S/C13H22N2O/c1-5-12(14-6-2)10(3)11-7-8-15-13(9-11)16-4/h7-10,12,14H,5-6H2,1-4H3. The molecule has 3 nitrogen and oxygen atoms in total. The first-order valence-corrected chi connectivity index (χ1v) is 5.96. The van der Waals surface area contributed by atoms with Crippen molar-refractivity contribution in [2.45, 2.75) is 39.2 Å². The fourth-order valence-electron chi connectivity index (χ4n) is 1.99. The number of hydrogen-bond donors (Lipinski definition) is 1. The highest BCUT2D eigenvalue weighted by Crippen LogP contribution is 2.23. The summed E-state index contributed by atoms with van der Waals surface area (Å²) >= 11 is 0. The summed E-state index contributed by atoms with van der Waals surface area (Å²) in [6, 6.07) is 4.59. The lowest BCUT2D eigenvalue weighted by Gasteiger charge is -2.24. The minimum Gasteiger partial charge on any atom is -0.481 e. The summed E-state index contributed by atoms with van der Waals surface area (Å²) in [6.45, 7) is 7.60.